The second-order valence-electron chi connectivity index (χ2n) is 8.35. The standard InChI is InChI=1S/C24H21Cl2N7O3/c1-35-18-6-19(36-2)23(26)21(22(18)25)17-5-16-15(9-28-17)24(31-30-16)14-8-29-33(11-14)12-20(34)32-4-3-13(7-27)10-32/h5-6,8-9,11,13H,3-4,10,12H2,1-2H3,(H,30,31). The van der Waals surface area contributed by atoms with Crippen molar-refractivity contribution >= 4 is 40.0 Å². The summed E-state index contributed by atoms with van der Waals surface area (Å²) in [5.41, 5.74) is 3.10. The SMILES string of the molecule is COc1cc(OC)c(Cl)c(-c2cc3[nH]nc(-c4cnn(CC(=O)N5CCC(C#N)C5)c4)c3cn2)c1Cl. The number of nitrogens with one attached hydrogen (secondary N) is 1. The molecule has 0 bridgehead atoms. The molecule has 1 atom stereocenters. The summed E-state index contributed by atoms with van der Waals surface area (Å²) < 4.78 is 12.3. The van der Waals surface area contributed by atoms with Gasteiger partial charge in [0.2, 0.25) is 5.91 Å². The third kappa shape index (κ3) is 4.21. The monoisotopic (exact) mass is 525 g/mol. The first-order valence-electron chi connectivity index (χ1n) is 11.1. The van der Waals surface area contributed by atoms with Crippen molar-refractivity contribution in [3.05, 3.63) is 40.8 Å². The molecule has 4 aromatic rings. The van der Waals surface area contributed by atoms with E-state index in [2.05, 4.69) is 26.3 Å². The van der Waals surface area contributed by atoms with Crippen molar-refractivity contribution in [1.82, 2.24) is 29.9 Å². The maximum atomic E-state index is 12.6. The van der Waals surface area contributed by atoms with Gasteiger partial charge in [-0.3, -0.25) is 19.6 Å². The Kier molecular flexibility index (Phi) is 6.43. The average molecular weight is 526 g/mol. The summed E-state index contributed by atoms with van der Waals surface area (Å²) in [7, 11) is 3.02. The van der Waals surface area contributed by atoms with Gasteiger partial charge in [-0.1, -0.05) is 23.2 Å². The zero-order chi connectivity index (χ0) is 25.4. The highest BCUT2D eigenvalue weighted by Crippen LogP contribution is 2.45. The topological polar surface area (TPSA) is 122 Å². The zero-order valence-corrected chi connectivity index (χ0v) is 21.0. The number of aromatic amines is 1. The number of fused-ring (bicyclic) bond motifs is 1. The van der Waals surface area contributed by atoms with Crippen LogP contribution in [-0.4, -0.2) is 63.1 Å². The molecule has 184 valence electrons. The highest BCUT2D eigenvalue weighted by molar-refractivity contribution is 6.41. The lowest BCUT2D eigenvalue weighted by Crippen LogP contribution is -2.31. The van der Waals surface area contributed by atoms with Crippen molar-refractivity contribution in [2.75, 3.05) is 27.3 Å². The van der Waals surface area contributed by atoms with Crippen LogP contribution in [0.4, 0.5) is 0 Å². The number of rotatable bonds is 6. The van der Waals surface area contributed by atoms with Gasteiger partial charge >= 0.3 is 0 Å². The largest absolute Gasteiger partial charge is 0.495 e. The van der Waals surface area contributed by atoms with Gasteiger partial charge in [0.25, 0.3) is 0 Å². The predicted molar refractivity (Wildman–Crippen MR) is 134 cm³/mol. The number of hydrogen-bond acceptors (Lipinski definition) is 7. The molecular formula is C24H21Cl2N7O3. The van der Waals surface area contributed by atoms with Crippen LogP contribution in [0.5, 0.6) is 11.5 Å². The highest BCUT2D eigenvalue weighted by Gasteiger charge is 2.26. The molecule has 1 aromatic carbocycles. The molecule has 1 aliphatic heterocycles. The Morgan fingerprint density at radius 1 is 1.22 bits per heavy atom. The fraction of sp³-hybridized carbons (Fsp3) is 0.292. The van der Waals surface area contributed by atoms with E-state index in [1.807, 2.05) is 0 Å². The number of nitriles is 1. The van der Waals surface area contributed by atoms with E-state index >= 15 is 0 Å². The van der Waals surface area contributed by atoms with Gasteiger partial charge < -0.3 is 14.4 Å². The van der Waals surface area contributed by atoms with E-state index in [1.54, 1.807) is 40.3 Å². The van der Waals surface area contributed by atoms with E-state index in [1.165, 1.54) is 14.2 Å². The third-order valence-electron chi connectivity index (χ3n) is 6.20. The number of H-pyrrole nitrogens is 1. The molecule has 0 aliphatic carbocycles. The molecule has 0 radical (unpaired) electrons. The molecule has 10 nitrogen and oxygen atoms in total. The fourth-order valence-corrected chi connectivity index (χ4v) is 4.98. The third-order valence-corrected chi connectivity index (χ3v) is 6.95. The Labute approximate surface area is 216 Å². The summed E-state index contributed by atoms with van der Waals surface area (Å²) in [6, 6.07) is 5.64. The fourth-order valence-electron chi connectivity index (χ4n) is 4.28. The van der Waals surface area contributed by atoms with Crippen LogP contribution in [0.1, 0.15) is 6.42 Å². The number of methoxy groups -OCH3 is 2. The Bertz CT molecular complexity index is 1480. The smallest absolute Gasteiger partial charge is 0.244 e. The molecule has 1 fully saturated rings. The number of ether oxygens (including phenoxy) is 2. The van der Waals surface area contributed by atoms with E-state index in [-0.39, 0.29) is 18.4 Å². The van der Waals surface area contributed by atoms with Gasteiger partial charge in [0.05, 0.1) is 53.7 Å². The normalized spacial score (nSPS) is 15.3. The molecule has 4 heterocycles. The van der Waals surface area contributed by atoms with E-state index in [9.17, 15) is 4.79 Å². The minimum atomic E-state index is -0.0993. The Morgan fingerprint density at radius 3 is 2.64 bits per heavy atom. The predicted octanol–water partition coefficient (Wildman–Crippen LogP) is 4.18. The maximum Gasteiger partial charge on any atom is 0.244 e. The number of halogens is 2. The molecule has 0 saturated carbocycles. The summed E-state index contributed by atoms with van der Waals surface area (Å²) in [6.45, 7) is 1.16. The van der Waals surface area contributed by atoms with Gasteiger partial charge in [-0.2, -0.15) is 15.5 Å². The number of carbonyl (C=O) groups excluding carboxylic acids is 1. The first-order chi connectivity index (χ1) is 17.4. The Balaban J connectivity index is 1.42. The Hall–Kier alpha value is -3.81. The number of amides is 1. The number of aromatic nitrogens is 5. The number of carbonyl (C=O) groups is 1. The lowest BCUT2D eigenvalue weighted by Gasteiger charge is -2.15. The van der Waals surface area contributed by atoms with Gasteiger partial charge in [0.1, 0.15) is 23.7 Å². The number of benzene rings is 1. The second-order valence-corrected chi connectivity index (χ2v) is 9.11. The number of nitrogens with zero attached hydrogens (tertiary/aromatic N) is 6. The second kappa shape index (κ2) is 9.68. The van der Waals surface area contributed by atoms with E-state index in [4.69, 9.17) is 37.9 Å². The first kappa shape index (κ1) is 23.9. The highest BCUT2D eigenvalue weighted by atomic mass is 35.5. The van der Waals surface area contributed by atoms with Crippen molar-refractivity contribution in [2.24, 2.45) is 5.92 Å². The van der Waals surface area contributed by atoms with E-state index in [0.29, 0.717) is 63.5 Å². The summed E-state index contributed by atoms with van der Waals surface area (Å²) >= 11 is 13.1. The lowest BCUT2D eigenvalue weighted by molar-refractivity contribution is -0.131. The van der Waals surface area contributed by atoms with Crippen LogP contribution in [0, 0.1) is 17.2 Å². The molecule has 3 aromatic heterocycles. The summed E-state index contributed by atoms with van der Waals surface area (Å²) in [4.78, 5) is 18.9. The molecular weight excluding hydrogens is 505 g/mol. The molecule has 1 N–H and O–H groups in total. The van der Waals surface area contributed by atoms with Crippen molar-refractivity contribution in [3.63, 3.8) is 0 Å². The number of pyridine rings is 1. The van der Waals surface area contributed by atoms with Crippen LogP contribution >= 0.6 is 23.2 Å². The van der Waals surface area contributed by atoms with Crippen LogP contribution in [0.25, 0.3) is 33.4 Å². The lowest BCUT2D eigenvalue weighted by atomic mass is 10.1. The Morgan fingerprint density at radius 2 is 1.97 bits per heavy atom. The van der Waals surface area contributed by atoms with Crippen LogP contribution in [0.15, 0.2) is 30.7 Å². The van der Waals surface area contributed by atoms with Gasteiger partial charge in [0, 0.05) is 48.1 Å². The van der Waals surface area contributed by atoms with Crippen molar-refractivity contribution < 1.29 is 14.3 Å². The van der Waals surface area contributed by atoms with Gasteiger partial charge in [-0.15, -0.1) is 0 Å². The van der Waals surface area contributed by atoms with Crippen LogP contribution in [0.3, 0.4) is 0 Å². The van der Waals surface area contributed by atoms with E-state index < -0.39 is 0 Å². The zero-order valence-electron chi connectivity index (χ0n) is 19.5. The van der Waals surface area contributed by atoms with Crippen LogP contribution < -0.4 is 9.47 Å². The number of hydrogen-bond donors (Lipinski definition) is 1. The maximum absolute atomic E-state index is 12.6. The molecule has 0 spiro atoms. The van der Waals surface area contributed by atoms with Gasteiger partial charge in [-0.25, -0.2) is 0 Å². The molecule has 1 aliphatic rings. The molecule has 1 amide bonds. The summed E-state index contributed by atoms with van der Waals surface area (Å²) in [5.74, 6) is 0.666. The molecule has 12 heteroatoms. The van der Waals surface area contributed by atoms with Crippen LogP contribution in [0.2, 0.25) is 10.0 Å². The molecule has 5 rings (SSSR count). The van der Waals surface area contributed by atoms with Crippen molar-refractivity contribution in [2.45, 2.75) is 13.0 Å². The molecule has 1 saturated heterocycles. The minimum Gasteiger partial charge on any atom is -0.495 e. The molecule has 1 unspecified atom stereocenters. The number of likely N-dealkylation sites (tertiary alicyclic amines) is 1. The summed E-state index contributed by atoms with van der Waals surface area (Å²) in [5, 5.41) is 22.2. The van der Waals surface area contributed by atoms with Crippen molar-refractivity contribution in [1.29, 1.82) is 5.26 Å². The average Bonchev–Trinajstić information content (AvgIpc) is 3.63. The van der Waals surface area contributed by atoms with Crippen LogP contribution in [-0.2, 0) is 11.3 Å². The van der Waals surface area contributed by atoms with Gasteiger partial charge in [-0.05, 0) is 12.5 Å². The minimum absolute atomic E-state index is 0.0666. The van der Waals surface area contributed by atoms with E-state index in [0.717, 1.165) is 10.9 Å². The summed E-state index contributed by atoms with van der Waals surface area (Å²) in [6.07, 6.45) is 5.80. The molecule has 36 heavy (non-hydrogen) atoms. The van der Waals surface area contributed by atoms with Crippen molar-refractivity contribution in [3.8, 4) is 40.1 Å². The first-order valence-corrected chi connectivity index (χ1v) is 11.8. The quantitative estimate of drug-likeness (QED) is 0.400. The van der Waals surface area contributed by atoms with Gasteiger partial charge in [0.15, 0.2) is 0 Å².